The Labute approximate surface area is 80.4 Å². The Balaban J connectivity index is 2.36. The largest absolute Gasteiger partial charge is 0.248 e. The summed E-state index contributed by atoms with van der Waals surface area (Å²) < 4.78 is 0. The molecule has 2 aromatic rings. The fourth-order valence-corrected chi connectivity index (χ4v) is 2.50. The number of hydrogen-bond acceptors (Lipinski definition) is 3. The highest BCUT2D eigenvalue weighted by Gasteiger charge is 2.14. The molecule has 0 saturated heterocycles. The highest BCUT2D eigenvalue weighted by Crippen LogP contribution is 2.28. The molecule has 0 N–H and O–H groups in total. The van der Waals surface area contributed by atoms with Crippen LogP contribution >= 0.6 is 11.8 Å². The maximum Gasteiger partial charge on any atom is 0.0890 e. The summed E-state index contributed by atoms with van der Waals surface area (Å²) in [5.74, 6) is 2.04. The van der Waals surface area contributed by atoms with Crippen LogP contribution in [0.1, 0.15) is 11.4 Å². The summed E-state index contributed by atoms with van der Waals surface area (Å²) in [6.07, 6.45) is 0. The third-order valence-corrected chi connectivity index (χ3v) is 3.16. The number of para-hydroxylation sites is 2. The Bertz CT molecular complexity index is 425. The number of benzene rings is 1. The Morgan fingerprint density at radius 3 is 2.00 bits per heavy atom. The lowest BCUT2D eigenvalue weighted by Crippen LogP contribution is -1.93. The fourth-order valence-electron chi connectivity index (χ4n) is 1.55. The number of fused-ring (bicyclic) bond motifs is 2. The van der Waals surface area contributed by atoms with Crippen molar-refractivity contribution in [2.24, 2.45) is 0 Å². The summed E-state index contributed by atoms with van der Waals surface area (Å²) in [5.41, 5.74) is 4.37. The summed E-state index contributed by atoms with van der Waals surface area (Å²) in [7, 11) is 0. The van der Waals surface area contributed by atoms with Crippen molar-refractivity contribution >= 4 is 22.8 Å². The second-order valence-electron chi connectivity index (χ2n) is 3.10. The van der Waals surface area contributed by atoms with E-state index in [0.29, 0.717) is 0 Å². The molecule has 2 nitrogen and oxygen atoms in total. The molecule has 0 bridgehead atoms. The lowest BCUT2D eigenvalue weighted by molar-refractivity contribution is 1.11. The predicted molar refractivity (Wildman–Crippen MR) is 54.5 cm³/mol. The van der Waals surface area contributed by atoms with E-state index in [9.17, 15) is 0 Å². The van der Waals surface area contributed by atoms with Gasteiger partial charge in [0, 0.05) is 11.5 Å². The van der Waals surface area contributed by atoms with Crippen LogP contribution in [0, 0.1) is 0 Å². The molecule has 1 aliphatic heterocycles. The van der Waals surface area contributed by atoms with Crippen LogP contribution in [-0.4, -0.2) is 9.97 Å². The fraction of sp³-hybridized carbons (Fsp3) is 0.200. The summed E-state index contributed by atoms with van der Waals surface area (Å²) in [6.45, 7) is 0. The van der Waals surface area contributed by atoms with E-state index in [2.05, 4.69) is 9.97 Å². The number of thioether (sulfide) groups is 1. The van der Waals surface area contributed by atoms with Gasteiger partial charge in [0.25, 0.3) is 0 Å². The van der Waals surface area contributed by atoms with E-state index < -0.39 is 0 Å². The van der Waals surface area contributed by atoms with Crippen LogP contribution in [0.15, 0.2) is 24.3 Å². The van der Waals surface area contributed by atoms with Crippen LogP contribution in [-0.2, 0) is 11.5 Å². The van der Waals surface area contributed by atoms with E-state index in [1.165, 1.54) is 11.4 Å². The van der Waals surface area contributed by atoms with Gasteiger partial charge in [-0.25, -0.2) is 9.97 Å². The SMILES string of the molecule is c1ccc2nc3c(nc2c1)CSC3. The Kier molecular flexibility index (Phi) is 1.52. The average Bonchev–Trinajstić information content (AvgIpc) is 2.61. The quantitative estimate of drug-likeness (QED) is 0.634. The number of rotatable bonds is 0. The van der Waals surface area contributed by atoms with Crippen LogP contribution in [0.2, 0.25) is 0 Å². The van der Waals surface area contributed by atoms with Gasteiger partial charge in [-0.2, -0.15) is 0 Å². The molecule has 0 atom stereocenters. The van der Waals surface area contributed by atoms with Gasteiger partial charge in [-0.1, -0.05) is 12.1 Å². The topological polar surface area (TPSA) is 25.8 Å². The van der Waals surface area contributed by atoms with E-state index in [4.69, 9.17) is 0 Å². The molecule has 3 rings (SSSR count). The predicted octanol–water partition coefficient (Wildman–Crippen LogP) is 2.38. The van der Waals surface area contributed by atoms with Crippen LogP contribution < -0.4 is 0 Å². The smallest absolute Gasteiger partial charge is 0.0890 e. The van der Waals surface area contributed by atoms with Gasteiger partial charge in [0.2, 0.25) is 0 Å². The van der Waals surface area contributed by atoms with Gasteiger partial charge in [0.1, 0.15) is 0 Å². The van der Waals surface area contributed by atoms with Gasteiger partial charge >= 0.3 is 0 Å². The standard InChI is InChI=1S/C10H8N2S/c1-2-4-8-7(3-1)11-9-5-13-6-10(9)12-8/h1-4H,5-6H2. The summed E-state index contributed by atoms with van der Waals surface area (Å²) in [4.78, 5) is 9.14. The third-order valence-electron chi connectivity index (χ3n) is 2.20. The molecule has 64 valence electrons. The maximum atomic E-state index is 4.57. The molecule has 3 heteroatoms. The molecule has 0 saturated carbocycles. The first-order chi connectivity index (χ1) is 6.43. The molecule has 0 spiro atoms. The van der Waals surface area contributed by atoms with E-state index in [1.807, 2.05) is 36.0 Å². The van der Waals surface area contributed by atoms with Gasteiger partial charge in [-0.15, -0.1) is 11.8 Å². The lowest BCUT2D eigenvalue weighted by Gasteiger charge is -1.99. The molecule has 13 heavy (non-hydrogen) atoms. The number of aromatic nitrogens is 2. The summed E-state index contributed by atoms with van der Waals surface area (Å²) >= 11 is 1.89. The van der Waals surface area contributed by atoms with Crippen molar-refractivity contribution in [3.8, 4) is 0 Å². The minimum absolute atomic E-state index is 1.02. The molecule has 1 aromatic heterocycles. The molecule has 2 heterocycles. The molecule has 0 unspecified atom stereocenters. The molecule has 0 amide bonds. The number of nitrogens with zero attached hydrogens (tertiary/aromatic N) is 2. The van der Waals surface area contributed by atoms with Crippen LogP contribution in [0.3, 0.4) is 0 Å². The second kappa shape index (κ2) is 2.70. The average molecular weight is 188 g/mol. The molecular weight excluding hydrogens is 180 g/mol. The molecule has 0 fully saturated rings. The van der Waals surface area contributed by atoms with Crippen LogP contribution in [0.4, 0.5) is 0 Å². The van der Waals surface area contributed by atoms with Gasteiger partial charge in [-0.05, 0) is 12.1 Å². The third kappa shape index (κ3) is 1.11. The van der Waals surface area contributed by atoms with Gasteiger partial charge in [-0.3, -0.25) is 0 Å². The zero-order chi connectivity index (χ0) is 8.67. The monoisotopic (exact) mass is 188 g/mol. The zero-order valence-electron chi connectivity index (χ0n) is 7.03. The highest BCUT2D eigenvalue weighted by molar-refractivity contribution is 7.98. The zero-order valence-corrected chi connectivity index (χ0v) is 7.84. The van der Waals surface area contributed by atoms with E-state index in [1.54, 1.807) is 0 Å². The summed E-state index contributed by atoms with van der Waals surface area (Å²) in [6, 6.07) is 8.05. The van der Waals surface area contributed by atoms with Gasteiger partial charge < -0.3 is 0 Å². The van der Waals surface area contributed by atoms with Crippen molar-refractivity contribution < 1.29 is 0 Å². The molecular formula is C10H8N2S. The van der Waals surface area contributed by atoms with Crippen molar-refractivity contribution in [1.29, 1.82) is 0 Å². The van der Waals surface area contributed by atoms with Gasteiger partial charge in [0.15, 0.2) is 0 Å². The van der Waals surface area contributed by atoms with E-state index in [0.717, 1.165) is 22.5 Å². The highest BCUT2D eigenvalue weighted by atomic mass is 32.2. The van der Waals surface area contributed by atoms with Crippen molar-refractivity contribution in [3.05, 3.63) is 35.7 Å². The number of hydrogen-bond donors (Lipinski definition) is 0. The van der Waals surface area contributed by atoms with Crippen molar-refractivity contribution in [1.82, 2.24) is 9.97 Å². The first-order valence-electron chi connectivity index (χ1n) is 4.26. The van der Waals surface area contributed by atoms with Gasteiger partial charge in [0.05, 0.1) is 22.4 Å². The lowest BCUT2D eigenvalue weighted by atomic mass is 10.2. The van der Waals surface area contributed by atoms with Crippen LogP contribution in [0.5, 0.6) is 0 Å². The van der Waals surface area contributed by atoms with Crippen LogP contribution in [0.25, 0.3) is 11.0 Å². The molecule has 0 radical (unpaired) electrons. The molecule has 1 aromatic carbocycles. The first kappa shape index (κ1) is 7.33. The maximum absolute atomic E-state index is 4.57. The second-order valence-corrected chi connectivity index (χ2v) is 4.08. The molecule has 1 aliphatic rings. The molecule has 0 aliphatic carbocycles. The van der Waals surface area contributed by atoms with Crippen molar-refractivity contribution in [2.75, 3.05) is 0 Å². The van der Waals surface area contributed by atoms with E-state index >= 15 is 0 Å². The normalized spacial score (nSPS) is 14.8. The van der Waals surface area contributed by atoms with Crippen molar-refractivity contribution in [3.63, 3.8) is 0 Å². The Hall–Kier alpha value is -1.09. The summed E-state index contributed by atoms with van der Waals surface area (Å²) in [5, 5.41) is 0. The Morgan fingerprint density at radius 1 is 0.923 bits per heavy atom. The van der Waals surface area contributed by atoms with E-state index in [-0.39, 0.29) is 0 Å². The minimum Gasteiger partial charge on any atom is -0.248 e. The Morgan fingerprint density at radius 2 is 1.46 bits per heavy atom. The first-order valence-corrected chi connectivity index (χ1v) is 5.41. The minimum atomic E-state index is 1.02. The van der Waals surface area contributed by atoms with Crippen molar-refractivity contribution in [2.45, 2.75) is 11.5 Å².